The van der Waals surface area contributed by atoms with Crippen LogP contribution in [0.5, 0.6) is 6.01 Å². The van der Waals surface area contributed by atoms with E-state index in [2.05, 4.69) is 26.3 Å². The van der Waals surface area contributed by atoms with Gasteiger partial charge in [-0.05, 0) is 36.8 Å². The number of urea groups is 1. The normalized spacial score (nSPS) is 16.5. The van der Waals surface area contributed by atoms with Gasteiger partial charge in [0.25, 0.3) is 0 Å². The van der Waals surface area contributed by atoms with Crippen LogP contribution in [-0.2, 0) is 0 Å². The molecule has 0 unspecified atom stereocenters. The summed E-state index contributed by atoms with van der Waals surface area (Å²) in [5.41, 5.74) is 3.02. The van der Waals surface area contributed by atoms with E-state index in [1.807, 2.05) is 24.3 Å². The minimum atomic E-state index is -0.302. The van der Waals surface area contributed by atoms with E-state index in [0.29, 0.717) is 22.9 Å². The maximum absolute atomic E-state index is 13.3. The molecule has 1 aromatic carbocycles. The molecule has 2 bridgehead atoms. The molecule has 154 valence electrons. The Kier molecular flexibility index (Phi) is 4.59. The molecular weight excluding hydrogens is 394 g/mol. The highest BCUT2D eigenvalue weighted by atomic mass is 16.5. The van der Waals surface area contributed by atoms with Crippen LogP contribution in [0.4, 0.5) is 22.1 Å². The molecule has 2 aliphatic rings. The number of carbonyl (C=O) groups is 1. The number of aromatic nitrogens is 3. The van der Waals surface area contributed by atoms with Crippen LogP contribution in [0.3, 0.4) is 0 Å². The first-order chi connectivity index (χ1) is 15.2. The predicted molar refractivity (Wildman–Crippen MR) is 115 cm³/mol. The molecule has 1 fully saturated rings. The van der Waals surface area contributed by atoms with Gasteiger partial charge < -0.3 is 9.64 Å². The topological polar surface area (TPSA) is 107 Å². The van der Waals surface area contributed by atoms with Crippen LogP contribution >= 0.6 is 0 Å². The van der Waals surface area contributed by atoms with Crippen LogP contribution in [0.25, 0.3) is 11.3 Å². The molecule has 2 aliphatic heterocycles. The summed E-state index contributed by atoms with van der Waals surface area (Å²) < 4.78 is 5.04. The standard InChI is InChI=1S/C22H19N7O2/c1-31-21-24-9-7-19(26-21)27-22(30)29-16-8-10-28(13-16)18-6-5-17(25-20(18)29)15-4-2-3-14(11-15)12-23/h2-7,9,11,16H,8,10,13H2,1H3,(H,24,26,27,30)/t16-/m0/s1. The Balaban J connectivity index is 1.52. The molecule has 2 amide bonds. The molecule has 3 aromatic rings. The van der Waals surface area contributed by atoms with Gasteiger partial charge in [-0.2, -0.15) is 10.2 Å². The number of methoxy groups -OCH3 is 1. The average molecular weight is 413 g/mol. The number of rotatable bonds is 3. The van der Waals surface area contributed by atoms with Crippen molar-refractivity contribution in [1.29, 1.82) is 5.26 Å². The van der Waals surface area contributed by atoms with Crippen molar-refractivity contribution in [2.45, 2.75) is 12.5 Å². The zero-order valence-corrected chi connectivity index (χ0v) is 16.8. The lowest BCUT2D eigenvalue weighted by atomic mass is 10.1. The molecule has 0 aliphatic carbocycles. The summed E-state index contributed by atoms with van der Waals surface area (Å²) in [4.78, 5) is 30.2. The number of fused-ring (bicyclic) bond motifs is 4. The molecule has 31 heavy (non-hydrogen) atoms. The number of nitrogens with zero attached hydrogens (tertiary/aromatic N) is 6. The summed E-state index contributed by atoms with van der Waals surface area (Å²) >= 11 is 0. The van der Waals surface area contributed by atoms with Crippen LogP contribution in [-0.4, -0.2) is 47.2 Å². The van der Waals surface area contributed by atoms with E-state index >= 15 is 0 Å². The number of benzene rings is 1. The number of hydrogen-bond donors (Lipinski definition) is 1. The molecule has 1 saturated heterocycles. The summed E-state index contributed by atoms with van der Waals surface area (Å²) in [5, 5.41) is 12.1. The second-order valence-electron chi connectivity index (χ2n) is 7.35. The van der Waals surface area contributed by atoms with Gasteiger partial charge in [0.2, 0.25) is 0 Å². The van der Waals surface area contributed by atoms with E-state index in [0.717, 1.165) is 30.8 Å². The first kappa shape index (κ1) is 18.8. The van der Waals surface area contributed by atoms with Gasteiger partial charge in [-0.3, -0.25) is 10.2 Å². The van der Waals surface area contributed by atoms with Gasteiger partial charge in [-0.15, -0.1) is 0 Å². The second-order valence-corrected chi connectivity index (χ2v) is 7.35. The lowest BCUT2D eigenvalue weighted by molar-refractivity contribution is 0.254. The number of carbonyl (C=O) groups excluding carboxylic acids is 1. The van der Waals surface area contributed by atoms with Gasteiger partial charge >= 0.3 is 12.0 Å². The number of nitriles is 1. The summed E-state index contributed by atoms with van der Waals surface area (Å²) in [6.07, 6.45) is 2.39. The van der Waals surface area contributed by atoms with Crippen molar-refractivity contribution in [3.05, 3.63) is 54.2 Å². The molecule has 0 saturated carbocycles. The molecule has 1 atom stereocenters. The van der Waals surface area contributed by atoms with Crippen LogP contribution in [0, 0.1) is 11.3 Å². The molecule has 0 radical (unpaired) electrons. The Morgan fingerprint density at radius 2 is 2.16 bits per heavy atom. The third kappa shape index (κ3) is 3.38. The quantitative estimate of drug-likeness (QED) is 0.703. The molecule has 0 spiro atoms. The smallest absolute Gasteiger partial charge is 0.329 e. The number of nitrogens with one attached hydrogen (secondary N) is 1. The van der Waals surface area contributed by atoms with Crippen molar-refractivity contribution in [1.82, 2.24) is 15.0 Å². The van der Waals surface area contributed by atoms with Gasteiger partial charge in [-0.25, -0.2) is 14.8 Å². The molecular formula is C22H19N7O2. The van der Waals surface area contributed by atoms with Crippen LogP contribution in [0.2, 0.25) is 0 Å². The Morgan fingerprint density at radius 3 is 3.00 bits per heavy atom. The number of amides is 2. The van der Waals surface area contributed by atoms with E-state index in [1.54, 1.807) is 23.1 Å². The number of ether oxygens (including phenoxy) is 1. The van der Waals surface area contributed by atoms with Crippen LogP contribution in [0.1, 0.15) is 12.0 Å². The highest BCUT2D eigenvalue weighted by Crippen LogP contribution is 2.40. The number of anilines is 3. The van der Waals surface area contributed by atoms with Crippen LogP contribution < -0.4 is 19.9 Å². The summed E-state index contributed by atoms with van der Waals surface area (Å²) in [5.74, 6) is 0.962. The minimum Gasteiger partial charge on any atom is -0.467 e. The third-order valence-electron chi connectivity index (χ3n) is 5.51. The highest BCUT2D eigenvalue weighted by molar-refractivity contribution is 6.04. The van der Waals surface area contributed by atoms with E-state index < -0.39 is 0 Å². The Hall–Kier alpha value is -4.19. The zero-order valence-electron chi connectivity index (χ0n) is 16.8. The number of hydrogen-bond acceptors (Lipinski definition) is 7. The maximum atomic E-state index is 13.3. The Bertz CT molecular complexity index is 1210. The maximum Gasteiger partial charge on any atom is 0.329 e. The third-order valence-corrected chi connectivity index (χ3v) is 5.51. The summed E-state index contributed by atoms with van der Waals surface area (Å²) in [6, 6.07) is 14.9. The molecule has 2 aromatic heterocycles. The first-order valence-electron chi connectivity index (χ1n) is 9.90. The Morgan fingerprint density at radius 1 is 1.26 bits per heavy atom. The summed E-state index contributed by atoms with van der Waals surface area (Å²) in [7, 11) is 1.47. The van der Waals surface area contributed by atoms with E-state index in [-0.39, 0.29) is 18.1 Å². The lowest BCUT2D eigenvalue weighted by Gasteiger charge is -2.35. The molecule has 9 nitrogen and oxygen atoms in total. The predicted octanol–water partition coefficient (Wildman–Crippen LogP) is 3.05. The summed E-state index contributed by atoms with van der Waals surface area (Å²) in [6.45, 7) is 1.63. The van der Waals surface area contributed by atoms with Crippen molar-refractivity contribution in [3.63, 3.8) is 0 Å². The van der Waals surface area contributed by atoms with Crippen molar-refractivity contribution in [3.8, 4) is 23.3 Å². The van der Waals surface area contributed by atoms with Gasteiger partial charge in [0.15, 0.2) is 5.82 Å². The van der Waals surface area contributed by atoms with Gasteiger partial charge in [-0.1, -0.05) is 12.1 Å². The fourth-order valence-electron chi connectivity index (χ4n) is 4.06. The highest BCUT2D eigenvalue weighted by Gasteiger charge is 2.40. The second kappa shape index (κ2) is 7.57. The molecule has 1 N–H and O–H groups in total. The van der Waals surface area contributed by atoms with Crippen molar-refractivity contribution in [2.75, 3.05) is 35.3 Å². The largest absolute Gasteiger partial charge is 0.467 e. The van der Waals surface area contributed by atoms with Crippen molar-refractivity contribution >= 4 is 23.4 Å². The van der Waals surface area contributed by atoms with E-state index in [4.69, 9.17) is 9.72 Å². The number of pyridine rings is 1. The molecule has 4 heterocycles. The van der Waals surface area contributed by atoms with Gasteiger partial charge in [0.05, 0.1) is 36.2 Å². The van der Waals surface area contributed by atoms with E-state index in [1.165, 1.54) is 13.3 Å². The molecule has 5 rings (SSSR count). The van der Waals surface area contributed by atoms with Gasteiger partial charge in [0.1, 0.15) is 5.82 Å². The fraction of sp³-hybridized carbons (Fsp3) is 0.227. The van der Waals surface area contributed by atoms with Crippen LogP contribution in [0.15, 0.2) is 48.7 Å². The fourth-order valence-corrected chi connectivity index (χ4v) is 4.06. The lowest BCUT2D eigenvalue weighted by Crippen LogP contribution is -2.48. The Labute approximate surface area is 178 Å². The zero-order chi connectivity index (χ0) is 21.4. The average Bonchev–Trinajstić information content (AvgIpc) is 3.23. The van der Waals surface area contributed by atoms with Crippen molar-refractivity contribution < 1.29 is 9.53 Å². The van der Waals surface area contributed by atoms with Gasteiger partial charge in [0, 0.05) is 24.8 Å². The SMILES string of the molecule is COc1nccc(NC(=O)N2c3nc(-c4cccc(C#N)c4)ccc3N3CC[C@H]2C3)n1. The minimum absolute atomic E-state index is 0.0180. The van der Waals surface area contributed by atoms with E-state index in [9.17, 15) is 10.1 Å². The van der Waals surface area contributed by atoms with Crippen molar-refractivity contribution in [2.24, 2.45) is 0 Å². The first-order valence-corrected chi connectivity index (χ1v) is 9.90. The molecule has 9 heteroatoms. The monoisotopic (exact) mass is 413 g/mol.